The van der Waals surface area contributed by atoms with Crippen LogP contribution in [0, 0.1) is 0 Å². The minimum atomic E-state index is -0.923. The zero-order chi connectivity index (χ0) is 23.9. The van der Waals surface area contributed by atoms with E-state index < -0.39 is 5.97 Å². The van der Waals surface area contributed by atoms with Crippen molar-refractivity contribution in [2.75, 3.05) is 12.4 Å². The molecule has 0 aliphatic rings. The molecule has 0 spiro atoms. The number of ether oxygens (including phenoxy) is 1. The zero-order valence-corrected chi connectivity index (χ0v) is 20.2. The monoisotopic (exact) mass is 489 g/mol. The van der Waals surface area contributed by atoms with Gasteiger partial charge in [0.15, 0.2) is 0 Å². The Bertz CT molecular complexity index is 1340. The Kier molecular flexibility index (Phi) is 8.01. The Balaban J connectivity index is 1.52. The maximum absolute atomic E-state index is 11.5. The Morgan fingerprint density at radius 1 is 1.06 bits per heavy atom. The largest absolute Gasteiger partial charge is 0.478 e. The summed E-state index contributed by atoms with van der Waals surface area (Å²) in [5.41, 5.74) is 4.10. The van der Waals surface area contributed by atoms with Crippen LogP contribution in [0.4, 0.5) is 0 Å². The SMILES string of the molecule is CCOC(CSc1ccccc1C(=O)O)c1cccc(/C=C/c2ccc3ccc(Cl)cc3n2)c1. The van der Waals surface area contributed by atoms with Gasteiger partial charge in [0, 0.05) is 27.7 Å². The summed E-state index contributed by atoms with van der Waals surface area (Å²) in [4.78, 5) is 16.9. The highest BCUT2D eigenvalue weighted by Gasteiger charge is 2.15. The van der Waals surface area contributed by atoms with Gasteiger partial charge in [0.25, 0.3) is 0 Å². The van der Waals surface area contributed by atoms with Crippen LogP contribution in [-0.2, 0) is 4.74 Å². The van der Waals surface area contributed by atoms with Gasteiger partial charge in [-0.05, 0) is 60.5 Å². The highest BCUT2D eigenvalue weighted by molar-refractivity contribution is 7.99. The molecule has 4 nitrogen and oxygen atoms in total. The van der Waals surface area contributed by atoms with E-state index in [1.165, 1.54) is 11.8 Å². The zero-order valence-electron chi connectivity index (χ0n) is 18.6. The number of halogens is 1. The van der Waals surface area contributed by atoms with Crippen LogP contribution in [0.25, 0.3) is 23.1 Å². The summed E-state index contributed by atoms with van der Waals surface area (Å²) >= 11 is 7.60. The maximum atomic E-state index is 11.5. The van der Waals surface area contributed by atoms with Crippen LogP contribution in [0.3, 0.4) is 0 Å². The molecule has 0 amide bonds. The molecule has 0 saturated carbocycles. The first kappa shape index (κ1) is 24.0. The lowest BCUT2D eigenvalue weighted by Crippen LogP contribution is -2.08. The molecule has 6 heteroatoms. The molecule has 3 aromatic carbocycles. The molecule has 4 aromatic rings. The van der Waals surface area contributed by atoms with Gasteiger partial charge in [-0.2, -0.15) is 0 Å². The Morgan fingerprint density at radius 2 is 1.88 bits per heavy atom. The highest BCUT2D eigenvalue weighted by atomic mass is 35.5. The summed E-state index contributed by atoms with van der Waals surface area (Å²) in [6.45, 7) is 2.53. The lowest BCUT2D eigenvalue weighted by molar-refractivity contribution is 0.0692. The van der Waals surface area contributed by atoms with E-state index in [4.69, 9.17) is 16.3 Å². The summed E-state index contributed by atoms with van der Waals surface area (Å²) in [6.07, 6.45) is 3.84. The number of nitrogens with zero attached hydrogens (tertiary/aromatic N) is 1. The van der Waals surface area contributed by atoms with E-state index in [1.807, 2.05) is 79.7 Å². The molecule has 1 atom stereocenters. The molecule has 0 fully saturated rings. The number of hydrogen-bond donors (Lipinski definition) is 1. The van der Waals surface area contributed by atoms with Crippen molar-refractivity contribution < 1.29 is 14.6 Å². The predicted molar refractivity (Wildman–Crippen MR) is 141 cm³/mol. The molecule has 1 unspecified atom stereocenters. The van der Waals surface area contributed by atoms with Crippen LogP contribution < -0.4 is 0 Å². The van der Waals surface area contributed by atoms with E-state index in [2.05, 4.69) is 11.1 Å². The van der Waals surface area contributed by atoms with Gasteiger partial charge in [0.1, 0.15) is 0 Å². The average Bonchev–Trinajstić information content (AvgIpc) is 2.85. The fourth-order valence-electron chi connectivity index (χ4n) is 3.62. The quantitative estimate of drug-likeness (QED) is 0.245. The van der Waals surface area contributed by atoms with Crippen molar-refractivity contribution in [2.45, 2.75) is 17.9 Å². The van der Waals surface area contributed by atoms with Gasteiger partial charge in [-0.1, -0.05) is 60.1 Å². The van der Waals surface area contributed by atoms with Gasteiger partial charge in [0.05, 0.1) is 22.9 Å². The number of carboxylic acid groups (broad SMARTS) is 1. The average molecular weight is 490 g/mol. The number of thioether (sulfide) groups is 1. The van der Waals surface area contributed by atoms with Crippen LogP contribution in [0.15, 0.2) is 83.8 Å². The van der Waals surface area contributed by atoms with Crippen LogP contribution in [0.1, 0.15) is 40.2 Å². The van der Waals surface area contributed by atoms with Gasteiger partial charge in [-0.25, -0.2) is 9.78 Å². The van der Waals surface area contributed by atoms with Gasteiger partial charge in [0.2, 0.25) is 0 Å². The summed E-state index contributed by atoms with van der Waals surface area (Å²) in [5, 5.41) is 11.2. The number of fused-ring (bicyclic) bond motifs is 1. The molecular formula is C28H24ClNO3S. The van der Waals surface area contributed by atoms with Gasteiger partial charge in [-0.3, -0.25) is 0 Å². The third-order valence-electron chi connectivity index (χ3n) is 5.28. The molecule has 4 rings (SSSR count). The Morgan fingerprint density at radius 3 is 2.71 bits per heavy atom. The minimum Gasteiger partial charge on any atom is -0.478 e. The normalized spacial score (nSPS) is 12.3. The molecule has 0 aliphatic heterocycles. The van der Waals surface area contributed by atoms with E-state index in [0.29, 0.717) is 22.9 Å². The van der Waals surface area contributed by atoms with Crippen molar-refractivity contribution in [1.82, 2.24) is 4.98 Å². The van der Waals surface area contributed by atoms with Crippen LogP contribution in [-0.4, -0.2) is 28.4 Å². The van der Waals surface area contributed by atoms with Crippen LogP contribution in [0.5, 0.6) is 0 Å². The van der Waals surface area contributed by atoms with Gasteiger partial charge in [-0.15, -0.1) is 11.8 Å². The van der Waals surface area contributed by atoms with E-state index >= 15 is 0 Å². The van der Waals surface area contributed by atoms with Crippen molar-refractivity contribution in [2.24, 2.45) is 0 Å². The molecule has 0 radical (unpaired) electrons. The number of aromatic carboxylic acids is 1. The molecule has 0 bridgehead atoms. The number of aromatic nitrogens is 1. The van der Waals surface area contributed by atoms with Crippen LogP contribution in [0.2, 0.25) is 5.02 Å². The molecule has 1 heterocycles. The fraction of sp³-hybridized carbons (Fsp3) is 0.143. The first-order chi connectivity index (χ1) is 16.5. The third-order valence-corrected chi connectivity index (χ3v) is 6.65. The van der Waals surface area contributed by atoms with Gasteiger partial charge >= 0.3 is 5.97 Å². The maximum Gasteiger partial charge on any atom is 0.336 e. The van der Waals surface area contributed by atoms with Crippen molar-refractivity contribution in [1.29, 1.82) is 0 Å². The molecule has 1 N–H and O–H groups in total. The Labute approximate surface area is 208 Å². The summed E-state index contributed by atoms with van der Waals surface area (Å²) in [7, 11) is 0. The molecule has 0 aliphatic carbocycles. The first-order valence-corrected chi connectivity index (χ1v) is 12.3. The second-order valence-corrected chi connectivity index (χ2v) is 9.13. The molecule has 0 saturated heterocycles. The third kappa shape index (κ3) is 6.06. The number of carboxylic acids is 1. The minimum absolute atomic E-state index is 0.161. The first-order valence-electron chi connectivity index (χ1n) is 10.9. The number of rotatable bonds is 9. The lowest BCUT2D eigenvalue weighted by atomic mass is 10.1. The molecular weight excluding hydrogens is 466 g/mol. The van der Waals surface area contributed by atoms with Crippen molar-refractivity contribution in [3.8, 4) is 0 Å². The molecule has 172 valence electrons. The highest BCUT2D eigenvalue weighted by Crippen LogP contribution is 2.30. The van der Waals surface area contributed by atoms with Crippen LogP contribution >= 0.6 is 23.4 Å². The summed E-state index contributed by atoms with van der Waals surface area (Å²) in [5.74, 6) is -0.314. The van der Waals surface area contributed by atoms with Gasteiger partial charge < -0.3 is 9.84 Å². The summed E-state index contributed by atoms with van der Waals surface area (Å²) < 4.78 is 6.01. The number of carbonyl (C=O) groups is 1. The van der Waals surface area contributed by atoms with E-state index in [9.17, 15) is 9.90 Å². The molecule has 34 heavy (non-hydrogen) atoms. The van der Waals surface area contributed by atoms with E-state index in [1.54, 1.807) is 12.1 Å². The number of hydrogen-bond acceptors (Lipinski definition) is 4. The van der Waals surface area contributed by atoms with E-state index in [-0.39, 0.29) is 6.10 Å². The second kappa shape index (κ2) is 11.3. The second-order valence-electron chi connectivity index (χ2n) is 7.63. The van der Waals surface area contributed by atoms with E-state index in [0.717, 1.165) is 32.6 Å². The number of pyridine rings is 1. The van der Waals surface area contributed by atoms with Crippen molar-refractivity contribution >= 4 is 52.4 Å². The standard InChI is InChI=1S/C28H24ClNO3S/c1-2-33-26(18-34-27-9-4-3-8-24(27)28(31)32)21-7-5-6-19(16-21)10-14-23-15-12-20-11-13-22(29)17-25(20)30-23/h3-17,26H,2,18H2,1H3,(H,31,32)/b14-10+. The predicted octanol–water partition coefficient (Wildman–Crippen LogP) is 7.63. The number of benzene rings is 3. The summed E-state index contributed by atoms with van der Waals surface area (Å²) in [6, 6.07) is 24.9. The van der Waals surface area contributed by atoms with Crippen molar-refractivity contribution in [3.05, 3.63) is 106 Å². The van der Waals surface area contributed by atoms with Crippen molar-refractivity contribution in [3.63, 3.8) is 0 Å². The topological polar surface area (TPSA) is 59.4 Å². The smallest absolute Gasteiger partial charge is 0.336 e. The molecule has 1 aromatic heterocycles. The fourth-order valence-corrected chi connectivity index (χ4v) is 4.89. The lowest BCUT2D eigenvalue weighted by Gasteiger charge is -2.18. The Hall–Kier alpha value is -3.12.